The Kier molecular flexibility index (Phi) is 1.08. The first-order valence-corrected chi connectivity index (χ1v) is 3.56. The fraction of sp³-hybridized carbons (Fsp3) is 0.571. The van der Waals surface area contributed by atoms with Gasteiger partial charge in [-0.3, -0.25) is 5.10 Å². The van der Waals surface area contributed by atoms with E-state index in [9.17, 15) is 0 Å². The number of nitrogens with one attached hydrogen (secondary N) is 1. The molecule has 1 heterocycles. The topological polar surface area (TPSA) is 54.7 Å². The normalized spacial score (nSPS) is 20.9. The molecule has 54 valence electrons. The minimum absolute atomic E-state index is 0.104. The molecule has 1 fully saturated rings. The van der Waals surface area contributed by atoms with Gasteiger partial charge in [-0.2, -0.15) is 5.10 Å². The number of nitrogens with two attached hydrogens (primary N) is 1. The van der Waals surface area contributed by atoms with Crippen molar-refractivity contribution in [2.24, 2.45) is 5.73 Å². The summed E-state index contributed by atoms with van der Waals surface area (Å²) in [6.45, 7) is 0. The first-order chi connectivity index (χ1) is 4.79. The summed E-state index contributed by atoms with van der Waals surface area (Å²) in [4.78, 5) is 0. The first-order valence-electron chi connectivity index (χ1n) is 3.56. The van der Waals surface area contributed by atoms with Crippen LogP contribution in [0.4, 0.5) is 0 Å². The van der Waals surface area contributed by atoms with Crippen LogP contribution in [-0.4, -0.2) is 15.7 Å². The van der Waals surface area contributed by atoms with E-state index in [1.807, 2.05) is 6.07 Å². The predicted octanol–water partition coefficient (Wildman–Crippen LogP) is 0.443. The van der Waals surface area contributed by atoms with Gasteiger partial charge in [0.1, 0.15) is 0 Å². The lowest BCUT2D eigenvalue weighted by molar-refractivity contribution is 0.657. The Bertz CT molecular complexity index is 211. The second-order valence-corrected chi connectivity index (χ2v) is 3.12. The summed E-state index contributed by atoms with van der Waals surface area (Å²) in [7, 11) is 0. The van der Waals surface area contributed by atoms with Crippen molar-refractivity contribution in [3.63, 3.8) is 0 Å². The van der Waals surface area contributed by atoms with Gasteiger partial charge in [0.2, 0.25) is 0 Å². The monoisotopic (exact) mass is 137 g/mol. The Morgan fingerprint density at radius 2 is 2.50 bits per heavy atom. The quantitative estimate of drug-likeness (QED) is 0.621. The molecule has 1 aromatic rings. The molecule has 0 bridgehead atoms. The average Bonchev–Trinajstić information content (AvgIpc) is 2.47. The molecule has 0 unspecified atom stereocenters. The second-order valence-electron chi connectivity index (χ2n) is 3.12. The summed E-state index contributed by atoms with van der Waals surface area (Å²) >= 11 is 0. The molecule has 3 N–H and O–H groups in total. The molecular formula is C7H11N3. The molecule has 2 rings (SSSR count). The van der Waals surface area contributed by atoms with E-state index in [1.165, 1.54) is 0 Å². The van der Waals surface area contributed by atoms with Crippen molar-refractivity contribution in [3.8, 4) is 0 Å². The molecule has 1 aliphatic rings. The van der Waals surface area contributed by atoms with Crippen LogP contribution < -0.4 is 5.73 Å². The minimum Gasteiger partial charge on any atom is -0.325 e. The standard InChI is InChI=1S/C7H11N3/c8-7(2-3-7)5-6-1-4-9-10-6/h1,4H,2-3,5,8H2,(H,9,10). The van der Waals surface area contributed by atoms with E-state index in [-0.39, 0.29) is 5.54 Å². The van der Waals surface area contributed by atoms with Crippen molar-refractivity contribution < 1.29 is 0 Å². The van der Waals surface area contributed by atoms with Crippen LogP contribution in [0.1, 0.15) is 18.5 Å². The van der Waals surface area contributed by atoms with Gasteiger partial charge in [-0.05, 0) is 18.9 Å². The van der Waals surface area contributed by atoms with Crippen molar-refractivity contribution >= 4 is 0 Å². The lowest BCUT2D eigenvalue weighted by Crippen LogP contribution is -2.24. The predicted molar refractivity (Wildman–Crippen MR) is 38.4 cm³/mol. The van der Waals surface area contributed by atoms with Crippen molar-refractivity contribution in [1.29, 1.82) is 0 Å². The van der Waals surface area contributed by atoms with Gasteiger partial charge in [0.05, 0.1) is 0 Å². The molecule has 1 aromatic heterocycles. The molecule has 0 saturated heterocycles. The van der Waals surface area contributed by atoms with Crippen LogP contribution in [0.5, 0.6) is 0 Å². The van der Waals surface area contributed by atoms with E-state index < -0.39 is 0 Å². The third-order valence-electron chi connectivity index (χ3n) is 1.99. The van der Waals surface area contributed by atoms with Crippen molar-refractivity contribution in [1.82, 2.24) is 10.2 Å². The zero-order chi connectivity index (χ0) is 7.03. The highest BCUT2D eigenvalue weighted by molar-refractivity contribution is 5.10. The highest BCUT2D eigenvalue weighted by Gasteiger charge is 2.38. The first kappa shape index (κ1) is 5.92. The van der Waals surface area contributed by atoms with Crippen LogP contribution in [0.3, 0.4) is 0 Å². The molecule has 10 heavy (non-hydrogen) atoms. The number of nitrogens with zero attached hydrogens (tertiary/aromatic N) is 1. The highest BCUT2D eigenvalue weighted by Crippen LogP contribution is 2.34. The number of hydrogen-bond donors (Lipinski definition) is 2. The minimum atomic E-state index is 0.104. The van der Waals surface area contributed by atoms with E-state index in [1.54, 1.807) is 6.20 Å². The van der Waals surface area contributed by atoms with Gasteiger partial charge in [0.25, 0.3) is 0 Å². The molecule has 0 spiro atoms. The summed E-state index contributed by atoms with van der Waals surface area (Å²) in [6.07, 6.45) is 5.03. The van der Waals surface area contributed by atoms with Crippen LogP contribution in [0.15, 0.2) is 12.3 Å². The van der Waals surface area contributed by atoms with Crippen molar-refractivity contribution in [3.05, 3.63) is 18.0 Å². The average molecular weight is 137 g/mol. The molecule has 0 aromatic carbocycles. The number of rotatable bonds is 2. The van der Waals surface area contributed by atoms with Crippen LogP contribution in [0.2, 0.25) is 0 Å². The summed E-state index contributed by atoms with van der Waals surface area (Å²) in [5.41, 5.74) is 7.15. The fourth-order valence-electron chi connectivity index (χ4n) is 1.10. The largest absolute Gasteiger partial charge is 0.325 e. The number of aromatic amines is 1. The molecule has 0 radical (unpaired) electrons. The molecule has 0 aliphatic heterocycles. The van der Waals surface area contributed by atoms with Crippen LogP contribution in [-0.2, 0) is 6.42 Å². The Morgan fingerprint density at radius 3 is 3.00 bits per heavy atom. The van der Waals surface area contributed by atoms with Gasteiger partial charge in [0.15, 0.2) is 0 Å². The Balaban J connectivity index is 2.04. The Morgan fingerprint density at radius 1 is 1.70 bits per heavy atom. The Hall–Kier alpha value is -0.830. The van der Waals surface area contributed by atoms with E-state index in [2.05, 4.69) is 10.2 Å². The molecule has 3 nitrogen and oxygen atoms in total. The maximum Gasteiger partial charge on any atom is 0.0490 e. The highest BCUT2D eigenvalue weighted by atomic mass is 15.1. The van der Waals surface area contributed by atoms with Crippen LogP contribution >= 0.6 is 0 Å². The maximum absolute atomic E-state index is 5.89. The van der Waals surface area contributed by atoms with Crippen molar-refractivity contribution in [2.75, 3.05) is 0 Å². The van der Waals surface area contributed by atoms with Gasteiger partial charge in [-0.1, -0.05) is 0 Å². The lowest BCUT2D eigenvalue weighted by atomic mass is 10.1. The Labute approximate surface area is 59.6 Å². The van der Waals surface area contributed by atoms with E-state index in [0.29, 0.717) is 0 Å². The van der Waals surface area contributed by atoms with Crippen LogP contribution in [0.25, 0.3) is 0 Å². The summed E-state index contributed by atoms with van der Waals surface area (Å²) in [5, 5.41) is 6.76. The van der Waals surface area contributed by atoms with Gasteiger partial charge >= 0.3 is 0 Å². The van der Waals surface area contributed by atoms with E-state index in [4.69, 9.17) is 5.73 Å². The summed E-state index contributed by atoms with van der Waals surface area (Å²) in [5.74, 6) is 0. The molecular weight excluding hydrogens is 126 g/mol. The van der Waals surface area contributed by atoms with E-state index >= 15 is 0 Å². The van der Waals surface area contributed by atoms with E-state index in [0.717, 1.165) is 25.0 Å². The zero-order valence-electron chi connectivity index (χ0n) is 5.80. The zero-order valence-corrected chi connectivity index (χ0v) is 5.80. The third kappa shape index (κ3) is 1.04. The fourth-order valence-corrected chi connectivity index (χ4v) is 1.10. The van der Waals surface area contributed by atoms with Gasteiger partial charge in [0, 0.05) is 23.9 Å². The molecule has 0 atom stereocenters. The van der Waals surface area contributed by atoms with Gasteiger partial charge in [-0.25, -0.2) is 0 Å². The number of aromatic nitrogens is 2. The van der Waals surface area contributed by atoms with Crippen molar-refractivity contribution in [2.45, 2.75) is 24.8 Å². The SMILES string of the molecule is NC1(Cc2ccn[nH]2)CC1. The van der Waals surface area contributed by atoms with Crippen LogP contribution in [0, 0.1) is 0 Å². The number of H-pyrrole nitrogens is 1. The summed E-state index contributed by atoms with van der Waals surface area (Å²) < 4.78 is 0. The van der Waals surface area contributed by atoms with Gasteiger partial charge in [-0.15, -0.1) is 0 Å². The maximum atomic E-state index is 5.89. The summed E-state index contributed by atoms with van der Waals surface area (Å²) in [6, 6.07) is 1.98. The molecule has 1 saturated carbocycles. The smallest absolute Gasteiger partial charge is 0.0490 e. The lowest BCUT2D eigenvalue weighted by Gasteiger charge is -2.03. The molecule has 3 heteroatoms. The molecule has 1 aliphatic carbocycles. The second kappa shape index (κ2) is 1.83. The third-order valence-corrected chi connectivity index (χ3v) is 1.99. The number of hydrogen-bond acceptors (Lipinski definition) is 2. The molecule has 0 amide bonds. The van der Waals surface area contributed by atoms with Gasteiger partial charge < -0.3 is 5.73 Å².